The second kappa shape index (κ2) is 6.38. The van der Waals surface area contributed by atoms with Gasteiger partial charge in [0.1, 0.15) is 5.03 Å². The van der Waals surface area contributed by atoms with Gasteiger partial charge in [-0.2, -0.15) is 0 Å². The first-order chi connectivity index (χ1) is 9.16. The summed E-state index contributed by atoms with van der Waals surface area (Å²) in [5.74, 6) is -0.137. The number of amides is 1. The van der Waals surface area contributed by atoms with Gasteiger partial charge in [0.15, 0.2) is 0 Å². The number of carbonyl (C=O) groups excluding carboxylic acids is 1. The summed E-state index contributed by atoms with van der Waals surface area (Å²) in [6, 6.07) is 13.6. The molecule has 3 nitrogen and oxygen atoms in total. The maximum absolute atomic E-state index is 12.1. The summed E-state index contributed by atoms with van der Waals surface area (Å²) in [6.45, 7) is 1.99. The highest BCUT2D eigenvalue weighted by Gasteiger charge is 2.12. The highest BCUT2D eigenvalue weighted by molar-refractivity contribution is 7.80. The van der Waals surface area contributed by atoms with Crippen molar-refractivity contribution in [3.63, 3.8) is 0 Å². The molecule has 4 heteroatoms. The molecule has 0 aliphatic rings. The molecule has 1 unspecified atom stereocenters. The number of rotatable bonds is 4. The molecule has 1 aromatic carbocycles. The van der Waals surface area contributed by atoms with E-state index in [1.54, 1.807) is 18.3 Å². The van der Waals surface area contributed by atoms with Gasteiger partial charge in [0, 0.05) is 12.2 Å². The second-order valence-electron chi connectivity index (χ2n) is 4.44. The third-order valence-corrected chi connectivity index (χ3v) is 3.15. The number of hydrogen-bond donors (Lipinski definition) is 2. The van der Waals surface area contributed by atoms with Crippen LogP contribution in [0.25, 0.3) is 0 Å². The van der Waals surface area contributed by atoms with Gasteiger partial charge in [-0.3, -0.25) is 4.79 Å². The largest absolute Gasteiger partial charge is 0.349 e. The fourth-order valence-corrected chi connectivity index (χ4v) is 2.14. The molecular weight excluding hydrogens is 256 g/mol. The smallest absolute Gasteiger partial charge is 0.254 e. The van der Waals surface area contributed by atoms with E-state index < -0.39 is 0 Å². The van der Waals surface area contributed by atoms with E-state index >= 15 is 0 Å². The van der Waals surface area contributed by atoms with Gasteiger partial charge in [-0.05, 0) is 31.0 Å². The van der Waals surface area contributed by atoms with Gasteiger partial charge in [-0.1, -0.05) is 30.3 Å². The molecule has 1 atom stereocenters. The average molecular weight is 272 g/mol. The number of thiol groups is 1. The molecule has 0 bridgehead atoms. The molecule has 0 radical (unpaired) electrons. The Morgan fingerprint density at radius 3 is 2.68 bits per heavy atom. The van der Waals surface area contributed by atoms with Crippen LogP contribution in [0.2, 0.25) is 0 Å². The van der Waals surface area contributed by atoms with E-state index in [0.29, 0.717) is 10.6 Å². The van der Waals surface area contributed by atoms with Gasteiger partial charge >= 0.3 is 0 Å². The quantitative estimate of drug-likeness (QED) is 0.840. The van der Waals surface area contributed by atoms with Crippen LogP contribution in [0, 0.1) is 0 Å². The second-order valence-corrected chi connectivity index (χ2v) is 4.86. The average Bonchev–Trinajstić information content (AvgIpc) is 2.40. The molecule has 0 fully saturated rings. The Labute approximate surface area is 118 Å². The van der Waals surface area contributed by atoms with Crippen LogP contribution in [0.5, 0.6) is 0 Å². The lowest BCUT2D eigenvalue weighted by molar-refractivity contribution is 0.0936. The molecule has 1 heterocycles. The van der Waals surface area contributed by atoms with E-state index in [4.69, 9.17) is 0 Å². The molecule has 0 aliphatic heterocycles. The fourth-order valence-electron chi connectivity index (χ4n) is 1.89. The summed E-state index contributed by atoms with van der Waals surface area (Å²) in [6.07, 6.45) is 2.42. The van der Waals surface area contributed by atoms with Crippen LogP contribution in [0.4, 0.5) is 0 Å². The number of benzene rings is 1. The van der Waals surface area contributed by atoms with Crippen molar-refractivity contribution >= 4 is 18.5 Å². The van der Waals surface area contributed by atoms with Crippen molar-refractivity contribution < 1.29 is 4.79 Å². The summed E-state index contributed by atoms with van der Waals surface area (Å²) in [5, 5.41) is 3.41. The molecule has 2 rings (SSSR count). The molecule has 2 aromatic rings. The van der Waals surface area contributed by atoms with Crippen molar-refractivity contribution in [2.45, 2.75) is 24.4 Å². The highest BCUT2D eigenvalue weighted by Crippen LogP contribution is 2.10. The van der Waals surface area contributed by atoms with Crippen LogP contribution in [-0.4, -0.2) is 16.9 Å². The van der Waals surface area contributed by atoms with Crippen molar-refractivity contribution in [3.8, 4) is 0 Å². The van der Waals surface area contributed by atoms with Crippen molar-refractivity contribution in [3.05, 3.63) is 59.8 Å². The zero-order valence-corrected chi connectivity index (χ0v) is 11.6. The maximum atomic E-state index is 12.1. The number of pyridine rings is 1. The molecular formula is C15H16N2OS. The van der Waals surface area contributed by atoms with Crippen molar-refractivity contribution in [2.75, 3.05) is 0 Å². The van der Waals surface area contributed by atoms with Crippen LogP contribution < -0.4 is 5.32 Å². The predicted octanol–water partition coefficient (Wildman–Crippen LogP) is 2.73. The number of carbonyl (C=O) groups is 1. The summed E-state index contributed by atoms with van der Waals surface area (Å²) in [7, 11) is 0. The summed E-state index contributed by atoms with van der Waals surface area (Å²) in [4.78, 5) is 16.1. The Kier molecular flexibility index (Phi) is 4.58. The highest BCUT2D eigenvalue weighted by atomic mass is 32.1. The zero-order chi connectivity index (χ0) is 13.7. The van der Waals surface area contributed by atoms with Gasteiger partial charge in [-0.25, -0.2) is 4.98 Å². The van der Waals surface area contributed by atoms with Crippen molar-refractivity contribution in [1.29, 1.82) is 0 Å². The van der Waals surface area contributed by atoms with Gasteiger partial charge in [0.05, 0.1) is 5.56 Å². The normalized spacial score (nSPS) is 11.9. The van der Waals surface area contributed by atoms with Gasteiger partial charge in [0.2, 0.25) is 0 Å². The standard InChI is InChI=1S/C15H16N2OS/c1-11(10-12-6-3-2-4-7-12)17-14(18)13-8-5-9-16-15(13)19/h2-9,11H,10H2,1H3,(H,16,19)(H,17,18). The van der Waals surface area contributed by atoms with E-state index in [1.165, 1.54) is 5.56 Å². The number of aromatic nitrogens is 1. The summed E-state index contributed by atoms with van der Waals surface area (Å²) in [5.41, 5.74) is 1.71. The van der Waals surface area contributed by atoms with Crippen LogP contribution in [-0.2, 0) is 6.42 Å². The Morgan fingerprint density at radius 2 is 2.00 bits per heavy atom. The predicted molar refractivity (Wildman–Crippen MR) is 78.6 cm³/mol. The van der Waals surface area contributed by atoms with E-state index in [9.17, 15) is 4.79 Å². The zero-order valence-electron chi connectivity index (χ0n) is 10.7. The number of hydrogen-bond acceptors (Lipinski definition) is 3. The Morgan fingerprint density at radius 1 is 1.26 bits per heavy atom. The van der Waals surface area contributed by atoms with Crippen LogP contribution in [0.1, 0.15) is 22.8 Å². The first-order valence-corrected chi connectivity index (χ1v) is 6.60. The molecule has 19 heavy (non-hydrogen) atoms. The van der Waals surface area contributed by atoms with E-state index in [-0.39, 0.29) is 11.9 Å². The molecule has 1 N–H and O–H groups in total. The molecule has 0 aliphatic carbocycles. The van der Waals surface area contributed by atoms with Gasteiger partial charge < -0.3 is 5.32 Å². The topological polar surface area (TPSA) is 42.0 Å². The van der Waals surface area contributed by atoms with Crippen molar-refractivity contribution in [1.82, 2.24) is 10.3 Å². The van der Waals surface area contributed by atoms with E-state index in [2.05, 4.69) is 35.1 Å². The third kappa shape index (κ3) is 3.83. The monoisotopic (exact) mass is 272 g/mol. The Hall–Kier alpha value is -1.81. The minimum atomic E-state index is -0.137. The molecule has 1 amide bonds. The van der Waals surface area contributed by atoms with E-state index in [1.807, 2.05) is 25.1 Å². The SMILES string of the molecule is CC(Cc1ccccc1)NC(=O)c1cccnc1S. The number of nitrogens with one attached hydrogen (secondary N) is 1. The minimum absolute atomic E-state index is 0.0582. The Bertz CT molecular complexity index is 557. The lowest BCUT2D eigenvalue weighted by Gasteiger charge is -2.14. The van der Waals surface area contributed by atoms with E-state index in [0.717, 1.165) is 6.42 Å². The van der Waals surface area contributed by atoms with Crippen LogP contribution in [0.3, 0.4) is 0 Å². The lowest BCUT2D eigenvalue weighted by atomic mass is 10.1. The minimum Gasteiger partial charge on any atom is -0.349 e. The first-order valence-electron chi connectivity index (χ1n) is 6.15. The third-order valence-electron chi connectivity index (χ3n) is 2.79. The molecule has 1 aromatic heterocycles. The van der Waals surface area contributed by atoms with Crippen molar-refractivity contribution in [2.24, 2.45) is 0 Å². The first kappa shape index (κ1) is 13.6. The van der Waals surface area contributed by atoms with Gasteiger partial charge in [-0.15, -0.1) is 12.6 Å². The van der Waals surface area contributed by atoms with Crippen LogP contribution in [0.15, 0.2) is 53.7 Å². The Balaban J connectivity index is 1.98. The summed E-state index contributed by atoms with van der Waals surface area (Å²) >= 11 is 4.19. The molecule has 98 valence electrons. The lowest BCUT2D eigenvalue weighted by Crippen LogP contribution is -2.34. The maximum Gasteiger partial charge on any atom is 0.254 e. The number of nitrogens with zero attached hydrogens (tertiary/aromatic N) is 1. The van der Waals surface area contributed by atoms with Gasteiger partial charge in [0.25, 0.3) is 5.91 Å². The van der Waals surface area contributed by atoms with Crippen LogP contribution >= 0.6 is 12.6 Å². The molecule has 0 spiro atoms. The molecule has 0 saturated heterocycles. The molecule has 0 saturated carbocycles. The summed E-state index contributed by atoms with van der Waals surface area (Å²) < 4.78 is 0. The fraction of sp³-hybridized carbons (Fsp3) is 0.200.